The van der Waals surface area contributed by atoms with Gasteiger partial charge in [-0.25, -0.2) is 0 Å². The number of amides is 2. The van der Waals surface area contributed by atoms with Gasteiger partial charge in [0.2, 0.25) is 5.91 Å². The molecule has 7 heteroatoms. The van der Waals surface area contributed by atoms with Crippen LogP contribution in [0, 0.1) is 0 Å². The predicted molar refractivity (Wildman–Crippen MR) is 96.1 cm³/mol. The third kappa shape index (κ3) is 4.85. The highest BCUT2D eigenvalue weighted by Gasteiger charge is 2.26. The molecule has 2 amide bonds. The number of rotatable bonds is 6. The van der Waals surface area contributed by atoms with Gasteiger partial charge in [-0.2, -0.15) is 8.75 Å². The van der Waals surface area contributed by atoms with E-state index in [1.807, 2.05) is 35.2 Å². The summed E-state index contributed by atoms with van der Waals surface area (Å²) in [5.74, 6) is -0.405. The molecule has 1 saturated carbocycles. The number of nitrogens with one attached hydrogen (secondary N) is 1. The molecule has 132 valence electrons. The molecule has 3 rings (SSSR count). The molecule has 0 atom stereocenters. The minimum atomic E-state index is -0.356. The van der Waals surface area contributed by atoms with Gasteiger partial charge in [-0.3, -0.25) is 9.59 Å². The van der Waals surface area contributed by atoms with E-state index in [9.17, 15) is 9.59 Å². The molecule has 0 aliphatic heterocycles. The molecule has 1 aliphatic rings. The normalized spacial score (nSPS) is 14.9. The van der Waals surface area contributed by atoms with Crippen molar-refractivity contribution in [2.24, 2.45) is 0 Å². The van der Waals surface area contributed by atoms with Gasteiger partial charge in [-0.05, 0) is 18.4 Å². The second-order valence-electron chi connectivity index (χ2n) is 6.27. The summed E-state index contributed by atoms with van der Waals surface area (Å²) in [6.45, 7) is 0.568. The van der Waals surface area contributed by atoms with E-state index < -0.39 is 0 Å². The summed E-state index contributed by atoms with van der Waals surface area (Å²) in [7, 11) is 0. The second-order valence-corrected chi connectivity index (χ2v) is 6.83. The van der Waals surface area contributed by atoms with Crippen molar-refractivity contribution in [2.45, 2.75) is 44.7 Å². The van der Waals surface area contributed by atoms with E-state index in [0.717, 1.165) is 43.0 Å². The topological polar surface area (TPSA) is 75.2 Å². The molecule has 1 aliphatic carbocycles. The Morgan fingerprint density at radius 1 is 1.16 bits per heavy atom. The lowest BCUT2D eigenvalue weighted by atomic mass is 9.93. The first kappa shape index (κ1) is 17.5. The predicted octanol–water partition coefficient (Wildman–Crippen LogP) is 2.63. The number of aromatic nitrogens is 2. The summed E-state index contributed by atoms with van der Waals surface area (Å²) in [5, 5.41) is 2.66. The van der Waals surface area contributed by atoms with Gasteiger partial charge in [0.05, 0.1) is 24.5 Å². The van der Waals surface area contributed by atoms with Gasteiger partial charge >= 0.3 is 0 Å². The standard InChI is InChI=1S/C18H22N4O2S/c23-17(12-19-18(24)16-11-20-25-21-16)22(15-9-5-2-6-10-15)13-14-7-3-1-4-8-14/h1,3-4,7-8,11,15H,2,5-6,9-10,12-13H2,(H,19,24). The molecule has 2 aromatic rings. The summed E-state index contributed by atoms with van der Waals surface area (Å²) in [5.41, 5.74) is 1.36. The molecule has 1 heterocycles. The highest BCUT2D eigenvalue weighted by Crippen LogP contribution is 2.24. The Morgan fingerprint density at radius 2 is 1.92 bits per heavy atom. The third-order valence-corrected chi connectivity index (χ3v) is 5.00. The number of benzene rings is 1. The van der Waals surface area contributed by atoms with Gasteiger partial charge in [0.15, 0.2) is 5.69 Å². The summed E-state index contributed by atoms with van der Waals surface area (Å²) in [6.07, 6.45) is 7.01. The number of nitrogens with zero attached hydrogens (tertiary/aromatic N) is 3. The first-order valence-corrected chi connectivity index (χ1v) is 9.36. The molecule has 1 fully saturated rings. The molecule has 0 unspecified atom stereocenters. The highest BCUT2D eigenvalue weighted by molar-refractivity contribution is 6.99. The zero-order valence-electron chi connectivity index (χ0n) is 14.1. The molecule has 25 heavy (non-hydrogen) atoms. The van der Waals surface area contributed by atoms with Crippen molar-refractivity contribution < 1.29 is 9.59 Å². The van der Waals surface area contributed by atoms with Crippen LogP contribution in [0.3, 0.4) is 0 Å². The van der Waals surface area contributed by atoms with E-state index in [4.69, 9.17) is 0 Å². The SMILES string of the molecule is O=C(NCC(=O)N(Cc1ccccc1)C1CCCCC1)c1cnsn1. The van der Waals surface area contributed by atoms with E-state index >= 15 is 0 Å². The van der Waals surface area contributed by atoms with Crippen molar-refractivity contribution in [2.75, 3.05) is 6.54 Å². The van der Waals surface area contributed by atoms with E-state index in [2.05, 4.69) is 14.1 Å². The average molecular weight is 358 g/mol. The van der Waals surface area contributed by atoms with Gasteiger partial charge in [-0.15, -0.1) is 0 Å². The number of carbonyl (C=O) groups is 2. The van der Waals surface area contributed by atoms with Gasteiger partial charge < -0.3 is 10.2 Å². The first-order chi connectivity index (χ1) is 12.2. The van der Waals surface area contributed by atoms with E-state index in [-0.39, 0.29) is 30.1 Å². The Labute approximate surface area is 151 Å². The van der Waals surface area contributed by atoms with Crippen LogP contribution in [0.4, 0.5) is 0 Å². The molecular formula is C18H22N4O2S. The smallest absolute Gasteiger partial charge is 0.273 e. The number of carbonyl (C=O) groups excluding carboxylic acids is 2. The van der Waals surface area contributed by atoms with E-state index in [0.29, 0.717) is 6.54 Å². The molecule has 0 saturated heterocycles. The quantitative estimate of drug-likeness (QED) is 0.861. The summed E-state index contributed by atoms with van der Waals surface area (Å²) < 4.78 is 7.70. The molecule has 0 spiro atoms. The van der Waals surface area contributed by atoms with Crippen molar-refractivity contribution in [1.82, 2.24) is 19.0 Å². The van der Waals surface area contributed by atoms with Gasteiger partial charge in [0, 0.05) is 12.6 Å². The largest absolute Gasteiger partial charge is 0.342 e. The van der Waals surface area contributed by atoms with Crippen LogP contribution < -0.4 is 5.32 Å². The van der Waals surface area contributed by atoms with Crippen LogP contribution in [0.1, 0.15) is 48.2 Å². The van der Waals surface area contributed by atoms with Crippen LogP contribution in [0.2, 0.25) is 0 Å². The summed E-state index contributed by atoms with van der Waals surface area (Å²) >= 11 is 0.977. The maximum absolute atomic E-state index is 12.8. The fourth-order valence-corrected chi connectivity index (χ4v) is 3.62. The Kier molecular flexibility index (Phi) is 6.11. The van der Waals surface area contributed by atoms with Crippen LogP contribution >= 0.6 is 11.7 Å². The maximum atomic E-state index is 12.8. The van der Waals surface area contributed by atoms with Crippen molar-refractivity contribution in [3.05, 3.63) is 47.8 Å². The Morgan fingerprint density at radius 3 is 2.60 bits per heavy atom. The zero-order valence-corrected chi connectivity index (χ0v) is 14.9. The molecule has 6 nitrogen and oxygen atoms in total. The summed E-state index contributed by atoms with van der Waals surface area (Å²) in [4.78, 5) is 26.7. The fraction of sp³-hybridized carbons (Fsp3) is 0.444. The summed E-state index contributed by atoms with van der Waals surface area (Å²) in [6, 6.07) is 10.2. The van der Waals surface area contributed by atoms with Crippen molar-refractivity contribution in [3.63, 3.8) is 0 Å². The highest BCUT2D eigenvalue weighted by atomic mass is 32.1. The van der Waals surface area contributed by atoms with Crippen molar-refractivity contribution in [3.8, 4) is 0 Å². The number of hydrogen-bond donors (Lipinski definition) is 1. The van der Waals surface area contributed by atoms with Crippen LogP contribution in [-0.4, -0.2) is 38.0 Å². The molecule has 1 aromatic heterocycles. The Hall–Kier alpha value is -2.28. The van der Waals surface area contributed by atoms with Crippen LogP contribution in [-0.2, 0) is 11.3 Å². The number of hydrogen-bond acceptors (Lipinski definition) is 5. The third-order valence-electron chi connectivity index (χ3n) is 4.53. The van der Waals surface area contributed by atoms with Crippen LogP contribution in [0.15, 0.2) is 36.5 Å². The minimum Gasteiger partial charge on any atom is -0.342 e. The Balaban J connectivity index is 1.64. The van der Waals surface area contributed by atoms with E-state index in [1.54, 1.807) is 0 Å². The molecule has 0 radical (unpaired) electrons. The van der Waals surface area contributed by atoms with E-state index in [1.165, 1.54) is 12.6 Å². The minimum absolute atomic E-state index is 0.0142. The lowest BCUT2D eigenvalue weighted by molar-refractivity contribution is -0.133. The zero-order chi connectivity index (χ0) is 17.5. The van der Waals surface area contributed by atoms with Crippen LogP contribution in [0.25, 0.3) is 0 Å². The van der Waals surface area contributed by atoms with Gasteiger partial charge in [0.25, 0.3) is 5.91 Å². The van der Waals surface area contributed by atoms with Crippen molar-refractivity contribution >= 4 is 23.5 Å². The first-order valence-electron chi connectivity index (χ1n) is 8.63. The Bertz CT molecular complexity index is 684. The van der Waals surface area contributed by atoms with Crippen LogP contribution in [0.5, 0.6) is 0 Å². The van der Waals surface area contributed by atoms with Gasteiger partial charge in [-0.1, -0.05) is 49.6 Å². The maximum Gasteiger partial charge on any atom is 0.273 e. The average Bonchev–Trinajstić information content (AvgIpc) is 3.20. The lowest BCUT2D eigenvalue weighted by Crippen LogP contribution is -2.46. The second kappa shape index (κ2) is 8.71. The lowest BCUT2D eigenvalue weighted by Gasteiger charge is -2.34. The molecule has 1 aromatic carbocycles. The monoisotopic (exact) mass is 358 g/mol. The van der Waals surface area contributed by atoms with Gasteiger partial charge in [0.1, 0.15) is 0 Å². The molecule has 1 N–H and O–H groups in total. The molecular weight excluding hydrogens is 336 g/mol. The molecule has 0 bridgehead atoms. The van der Waals surface area contributed by atoms with Crippen molar-refractivity contribution in [1.29, 1.82) is 0 Å². The fourth-order valence-electron chi connectivity index (χ4n) is 3.21.